The Bertz CT molecular complexity index is 1110. The number of carbonyl (C=O) groups excluding carboxylic acids is 1. The average Bonchev–Trinajstić information content (AvgIpc) is 3.24. The summed E-state index contributed by atoms with van der Waals surface area (Å²) in [6, 6.07) is 15.7. The van der Waals surface area contributed by atoms with Crippen LogP contribution in [0.2, 0.25) is 0 Å². The molecule has 0 saturated heterocycles. The Kier molecular flexibility index (Phi) is 6.23. The summed E-state index contributed by atoms with van der Waals surface area (Å²) in [6.45, 7) is 2.16. The minimum atomic E-state index is -0.325. The van der Waals surface area contributed by atoms with Gasteiger partial charge in [0.25, 0.3) is 5.91 Å². The summed E-state index contributed by atoms with van der Waals surface area (Å²) in [6.07, 6.45) is 11.2. The molecule has 2 heterocycles. The van der Waals surface area contributed by atoms with Gasteiger partial charge in [0, 0.05) is 35.8 Å². The molecule has 6 heteroatoms. The number of pyridine rings is 1. The summed E-state index contributed by atoms with van der Waals surface area (Å²) in [4.78, 5) is 17.0. The number of aromatic nitrogens is 3. The Morgan fingerprint density at radius 2 is 1.90 bits per heavy atom. The van der Waals surface area contributed by atoms with Crippen molar-refractivity contribution in [1.29, 1.82) is 5.26 Å². The molecule has 0 bridgehead atoms. The molecule has 3 aromatic rings. The van der Waals surface area contributed by atoms with Gasteiger partial charge in [-0.3, -0.25) is 9.78 Å². The predicted molar refractivity (Wildman–Crippen MR) is 120 cm³/mol. The molecule has 1 N–H and O–H groups in total. The third-order valence-corrected chi connectivity index (χ3v) is 5.81. The van der Waals surface area contributed by atoms with Gasteiger partial charge in [0.05, 0.1) is 5.69 Å². The maximum Gasteiger partial charge on any atom is 0.262 e. The number of para-hydroxylation sites is 1. The van der Waals surface area contributed by atoms with Crippen LogP contribution in [-0.4, -0.2) is 26.7 Å². The van der Waals surface area contributed by atoms with Crippen molar-refractivity contribution in [2.24, 2.45) is 5.92 Å². The van der Waals surface area contributed by atoms with Crippen LogP contribution in [0.5, 0.6) is 0 Å². The maximum atomic E-state index is 12.9. The highest BCUT2D eigenvalue weighted by atomic mass is 16.1. The van der Waals surface area contributed by atoms with Crippen LogP contribution in [0, 0.1) is 17.2 Å². The van der Waals surface area contributed by atoms with Crippen LogP contribution >= 0.6 is 0 Å². The molecule has 0 radical (unpaired) electrons. The zero-order valence-electron chi connectivity index (χ0n) is 17.5. The fourth-order valence-electron chi connectivity index (χ4n) is 4.02. The van der Waals surface area contributed by atoms with Crippen LogP contribution in [0.25, 0.3) is 23.0 Å². The predicted octanol–water partition coefficient (Wildman–Crippen LogP) is 4.54. The number of amides is 1. The number of benzene rings is 1. The summed E-state index contributed by atoms with van der Waals surface area (Å²) in [5.74, 6) is 0.0974. The maximum absolute atomic E-state index is 12.9. The highest BCUT2D eigenvalue weighted by Crippen LogP contribution is 2.26. The zero-order chi connectivity index (χ0) is 21.6. The molecule has 0 spiro atoms. The van der Waals surface area contributed by atoms with Crippen molar-refractivity contribution in [2.75, 3.05) is 0 Å². The monoisotopic (exact) mass is 411 g/mol. The number of nitriles is 1. The molecule has 2 aromatic heterocycles. The van der Waals surface area contributed by atoms with Crippen LogP contribution in [0.1, 0.15) is 38.2 Å². The highest BCUT2D eigenvalue weighted by Gasteiger charge is 2.24. The van der Waals surface area contributed by atoms with Gasteiger partial charge in [-0.25, -0.2) is 4.68 Å². The van der Waals surface area contributed by atoms with Crippen LogP contribution in [-0.2, 0) is 4.79 Å². The number of carbonyl (C=O) groups is 1. The average molecular weight is 412 g/mol. The quantitative estimate of drug-likeness (QED) is 0.494. The lowest BCUT2D eigenvalue weighted by Gasteiger charge is -2.29. The molecule has 0 unspecified atom stereocenters. The Balaban J connectivity index is 1.69. The summed E-state index contributed by atoms with van der Waals surface area (Å²) >= 11 is 0. The van der Waals surface area contributed by atoms with E-state index in [-0.39, 0.29) is 17.5 Å². The van der Waals surface area contributed by atoms with Gasteiger partial charge in [-0.05, 0) is 49.1 Å². The van der Waals surface area contributed by atoms with E-state index in [0.29, 0.717) is 17.2 Å². The van der Waals surface area contributed by atoms with E-state index in [1.807, 2.05) is 48.7 Å². The first-order valence-electron chi connectivity index (χ1n) is 10.6. The summed E-state index contributed by atoms with van der Waals surface area (Å²) in [5, 5.41) is 17.5. The second kappa shape index (κ2) is 9.40. The van der Waals surface area contributed by atoms with Crippen molar-refractivity contribution >= 4 is 12.0 Å². The number of nitrogens with zero attached hydrogens (tertiary/aromatic N) is 4. The third-order valence-electron chi connectivity index (χ3n) is 5.81. The smallest absolute Gasteiger partial charge is 0.262 e. The molecule has 1 aliphatic rings. The molecular formula is C25H25N5O. The second-order valence-electron chi connectivity index (χ2n) is 7.96. The molecule has 2 atom stereocenters. The fraction of sp³-hybridized carbons (Fsp3) is 0.280. The van der Waals surface area contributed by atoms with E-state index in [9.17, 15) is 10.1 Å². The van der Waals surface area contributed by atoms with Crippen molar-refractivity contribution in [2.45, 2.75) is 38.6 Å². The largest absolute Gasteiger partial charge is 0.348 e. The van der Waals surface area contributed by atoms with Gasteiger partial charge in [0.15, 0.2) is 0 Å². The minimum absolute atomic E-state index is 0.0840. The zero-order valence-corrected chi connectivity index (χ0v) is 17.5. The summed E-state index contributed by atoms with van der Waals surface area (Å²) in [5.41, 5.74) is 3.25. The Morgan fingerprint density at radius 3 is 2.61 bits per heavy atom. The second-order valence-corrected chi connectivity index (χ2v) is 7.96. The van der Waals surface area contributed by atoms with Crippen molar-refractivity contribution in [1.82, 2.24) is 20.1 Å². The molecule has 6 nitrogen and oxygen atoms in total. The van der Waals surface area contributed by atoms with E-state index in [4.69, 9.17) is 5.10 Å². The molecule has 1 amide bonds. The van der Waals surface area contributed by atoms with Gasteiger partial charge in [-0.15, -0.1) is 0 Å². The van der Waals surface area contributed by atoms with Crippen LogP contribution < -0.4 is 5.32 Å². The summed E-state index contributed by atoms with van der Waals surface area (Å²) < 4.78 is 1.76. The normalized spacial score (nSPS) is 18.9. The van der Waals surface area contributed by atoms with Gasteiger partial charge < -0.3 is 5.32 Å². The standard InChI is InChI=1S/C25H25N5O/c1-18-7-5-6-10-23(18)28-25(31)20(16-26)15-21-17-30(22-8-3-2-4-9-22)29-24(21)19-11-13-27-14-12-19/h2-4,8-9,11-15,17-18,23H,5-7,10H2,1H3,(H,28,31)/b20-15+/t18-,23+/m1/s1. The van der Waals surface area contributed by atoms with Crippen molar-refractivity contribution in [3.63, 3.8) is 0 Å². The molecule has 1 fully saturated rings. The fourth-order valence-corrected chi connectivity index (χ4v) is 4.02. The molecular weight excluding hydrogens is 386 g/mol. The number of rotatable bonds is 5. The SMILES string of the molecule is C[C@@H]1CCCC[C@@H]1NC(=O)/C(C#N)=C/c1cn(-c2ccccc2)nc1-c1ccncc1. The van der Waals surface area contributed by atoms with Gasteiger partial charge in [0.2, 0.25) is 0 Å². The van der Waals surface area contributed by atoms with Crippen LogP contribution in [0.15, 0.2) is 66.6 Å². The van der Waals surface area contributed by atoms with Crippen molar-refractivity contribution in [3.05, 3.63) is 72.2 Å². The molecule has 156 valence electrons. The molecule has 31 heavy (non-hydrogen) atoms. The minimum Gasteiger partial charge on any atom is -0.348 e. The Hall–Kier alpha value is -3.72. The van der Waals surface area contributed by atoms with E-state index >= 15 is 0 Å². The van der Waals surface area contributed by atoms with Gasteiger partial charge >= 0.3 is 0 Å². The number of nitrogens with one attached hydrogen (secondary N) is 1. The van der Waals surface area contributed by atoms with Crippen LogP contribution in [0.3, 0.4) is 0 Å². The lowest BCUT2D eigenvalue weighted by atomic mass is 9.86. The Labute approximate surface area is 182 Å². The number of hydrogen-bond donors (Lipinski definition) is 1. The first-order chi connectivity index (χ1) is 15.2. The van der Waals surface area contributed by atoms with Crippen LogP contribution in [0.4, 0.5) is 0 Å². The lowest BCUT2D eigenvalue weighted by molar-refractivity contribution is -0.118. The van der Waals surface area contributed by atoms with E-state index < -0.39 is 0 Å². The topological polar surface area (TPSA) is 83.6 Å². The number of hydrogen-bond acceptors (Lipinski definition) is 4. The van der Waals surface area contributed by atoms with Crippen molar-refractivity contribution < 1.29 is 4.79 Å². The Morgan fingerprint density at radius 1 is 1.16 bits per heavy atom. The van der Waals surface area contributed by atoms with E-state index in [0.717, 1.165) is 30.5 Å². The lowest BCUT2D eigenvalue weighted by Crippen LogP contribution is -2.41. The molecule has 0 aliphatic heterocycles. The van der Waals surface area contributed by atoms with E-state index in [1.54, 1.807) is 23.2 Å². The molecule has 1 aromatic carbocycles. The molecule has 1 aliphatic carbocycles. The molecule has 1 saturated carbocycles. The first-order valence-corrected chi connectivity index (χ1v) is 10.6. The first kappa shape index (κ1) is 20.5. The van der Waals surface area contributed by atoms with Gasteiger partial charge in [-0.2, -0.15) is 10.4 Å². The van der Waals surface area contributed by atoms with Gasteiger partial charge in [0.1, 0.15) is 17.3 Å². The third kappa shape index (κ3) is 4.72. The highest BCUT2D eigenvalue weighted by molar-refractivity contribution is 6.02. The van der Waals surface area contributed by atoms with Gasteiger partial charge in [-0.1, -0.05) is 38.0 Å². The molecule has 4 rings (SSSR count). The van der Waals surface area contributed by atoms with E-state index in [2.05, 4.69) is 23.3 Å². The van der Waals surface area contributed by atoms with E-state index in [1.165, 1.54) is 6.42 Å². The van der Waals surface area contributed by atoms with Crippen molar-refractivity contribution in [3.8, 4) is 23.0 Å². The summed E-state index contributed by atoms with van der Waals surface area (Å²) in [7, 11) is 0.